The number of carbonyl (C=O) groups excluding carboxylic acids is 3. The fourth-order valence-corrected chi connectivity index (χ4v) is 10.3. The molecule has 0 unspecified atom stereocenters. The summed E-state index contributed by atoms with van der Waals surface area (Å²) in [4.78, 5) is 39.1. The van der Waals surface area contributed by atoms with E-state index in [1.807, 2.05) is 0 Å². The molecule has 39 heavy (non-hydrogen) atoms. The Morgan fingerprint density at radius 3 is 2.59 bits per heavy atom. The second-order valence-electron chi connectivity index (χ2n) is 14.1. The molecule has 2 N–H and O–H groups in total. The van der Waals surface area contributed by atoms with E-state index >= 15 is 0 Å². The van der Waals surface area contributed by atoms with E-state index in [1.165, 1.54) is 19.8 Å². The first-order chi connectivity index (χ1) is 18.5. The van der Waals surface area contributed by atoms with E-state index < -0.39 is 17.1 Å². The zero-order chi connectivity index (χ0) is 27.6. The lowest BCUT2D eigenvalue weighted by Crippen LogP contribution is -2.62. The van der Waals surface area contributed by atoms with Crippen LogP contribution in [-0.2, 0) is 23.9 Å². The highest BCUT2D eigenvalue weighted by Gasteiger charge is 2.71. The SMILES string of the molecule is CC(=O)O[C@H]1C[C@]2(O)[C@@H]3CC[C@@H]4C[C@@H](NC(=O)CN5CCCC5)CC[C@]4(C)[C@H]3CC[C@]2(C)[C@H]1C1=CC(=O)OC1. The standard InChI is InChI=1S/C31H46N2O6/c1-19(34)39-25-16-31(37)24-7-6-21-15-22(32-26(35)17-33-12-4-5-13-33)8-10-29(21,2)23(24)9-11-30(31,3)28(25)20-14-27(36)38-18-20/h14,21-25,28,37H,4-13,15-18H2,1-3H3,(H,32,35)/t21-,22+,23+,24-,25+,28+,29+,30-,31+/m1/s1. The molecule has 216 valence electrons. The quantitative estimate of drug-likeness (QED) is 0.513. The summed E-state index contributed by atoms with van der Waals surface area (Å²) < 4.78 is 11.1. The molecular weight excluding hydrogens is 496 g/mol. The Kier molecular flexibility index (Phi) is 6.89. The summed E-state index contributed by atoms with van der Waals surface area (Å²) in [5.74, 6) is 0.298. The predicted molar refractivity (Wildman–Crippen MR) is 144 cm³/mol. The topological polar surface area (TPSA) is 105 Å². The second-order valence-corrected chi connectivity index (χ2v) is 14.1. The number of nitrogens with one attached hydrogen (secondary N) is 1. The van der Waals surface area contributed by atoms with Gasteiger partial charge >= 0.3 is 11.9 Å². The molecule has 0 spiro atoms. The molecule has 8 heteroatoms. The van der Waals surface area contributed by atoms with Crippen molar-refractivity contribution in [3.05, 3.63) is 11.6 Å². The number of nitrogens with zero attached hydrogens (tertiary/aromatic N) is 1. The molecule has 5 fully saturated rings. The molecule has 6 rings (SSSR count). The molecule has 6 aliphatic rings. The molecule has 2 aliphatic heterocycles. The minimum absolute atomic E-state index is 0.122. The zero-order valence-corrected chi connectivity index (χ0v) is 23.9. The van der Waals surface area contributed by atoms with Crippen molar-refractivity contribution in [1.82, 2.24) is 10.2 Å². The van der Waals surface area contributed by atoms with Gasteiger partial charge in [-0.25, -0.2) is 4.79 Å². The van der Waals surface area contributed by atoms with Crippen molar-refractivity contribution in [2.24, 2.45) is 34.5 Å². The molecule has 4 saturated carbocycles. The Balaban J connectivity index is 1.20. The predicted octanol–water partition coefficient (Wildman–Crippen LogP) is 3.37. The molecule has 2 heterocycles. The van der Waals surface area contributed by atoms with E-state index in [0.29, 0.717) is 24.8 Å². The van der Waals surface area contributed by atoms with Crippen molar-refractivity contribution < 1.29 is 29.0 Å². The van der Waals surface area contributed by atoms with Crippen LogP contribution in [0.2, 0.25) is 0 Å². The maximum absolute atomic E-state index is 12.7. The van der Waals surface area contributed by atoms with Crippen molar-refractivity contribution in [2.45, 2.75) is 103 Å². The Labute approximate surface area is 232 Å². The van der Waals surface area contributed by atoms with Gasteiger partial charge in [0.05, 0.1) is 12.1 Å². The van der Waals surface area contributed by atoms with Crippen LogP contribution in [0.15, 0.2) is 11.6 Å². The first-order valence-corrected chi connectivity index (χ1v) is 15.3. The van der Waals surface area contributed by atoms with Crippen LogP contribution in [0.3, 0.4) is 0 Å². The van der Waals surface area contributed by atoms with E-state index in [4.69, 9.17) is 9.47 Å². The van der Waals surface area contributed by atoms with Gasteiger partial charge < -0.3 is 19.9 Å². The fraction of sp³-hybridized carbons (Fsp3) is 0.839. The molecular formula is C31H46N2O6. The van der Waals surface area contributed by atoms with E-state index in [2.05, 4.69) is 24.1 Å². The van der Waals surface area contributed by atoms with Crippen LogP contribution in [0.5, 0.6) is 0 Å². The highest BCUT2D eigenvalue weighted by molar-refractivity contribution is 5.85. The molecule has 0 radical (unpaired) electrons. The zero-order valence-electron chi connectivity index (χ0n) is 23.9. The van der Waals surface area contributed by atoms with Gasteiger partial charge in [-0.05, 0) is 99.6 Å². The number of hydrogen-bond donors (Lipinski definition) is 2. The largest absolute Gasteiger partial charge is 0.462 e. The Morgan fingerprint density at radius 1 is 1.13 bits per heavy atom. The number of likely N-dealkylation sites (tertiary alicyclic amines) is 1. The maximum atomic E-state index is 12.7. The smallest absolute Gasteiger partial charge is 0.331 e. The number of esters is 2. The van der Waals surface area contributed by atoms with Gasteiger partial charge in [-0.1, -0.05) is 13.8 Å². The van der Waals surface area contributed by atoms with Crippen molar-refractivity contribution in [3.63, 3.8) is 0 Å². The number of cyclic esters (lactones) is 1. The minimum Gasteiger partial charge on any atom is -0.462 e. The third-order valence-electron chi connectivity index (χ3n) is 12.2. The number of ether oxygens (including phenoxy) is 2. The first-order valence-electron chi connectivity index (χ1n) is 15.3. The van der Waals surface area contributed by atoms with Crippen LogP contribution >= 0.6 is 0 Å². The Bertz CT molecular complexity index is 1050. The third-order valence-corrected chi connectivity index (χ3v) is 12.2. The van der Waals surface area contributed by atoms with Gasteiger partial charge in [0.25, 0.3) is 0 Å². The molecule has 1 saturated heterocycles. The van der Waals surface area contributed by atoms with Gasteiger partial charge in [-0.2, -0.15) is 0 Å². The molecule has 9 atom stereocenters. The van der Waals surface area contributed by atoms with Crippen LogP contribution < -0.4 is 5.32 Å². The van der Waals surface area contributed by atoms with Crippen molar-refractivity contribution in [3.8, 4) is 0 Å². The second kappa shape index (κ2) is 9.86. The molecule has 0 bridgehead atoms. The average Bonchev–Trinajstić information content (AvgIpc) is 3.57. The van der Waals surface area contributed by atoms with Gasteiger partial charge in [-0.3, -0.25) is 14.5 Å². The van der Waals surface area contributed by atoms with Crippen LogP contribution in [0.25, 0.3) is 0 Å². The molecule has 0 aromatic carbocycles. The van der Waals surface area contributed by atoms with Gasteiger partial charge in [0.2, 0.25) is 5.91 Å². The van der Waals surface area contributed by atoms with E-state index in [-0.39, 0.29) is 47.7 Å². The average molecular weight is 543 g/mol. The summed E-state index contributed by atoms with van der Waals surface area (Å²) in [6.07, 6.45) is 10.8. The normalized spacial score (nSPS) is 45.5. The maximum Gasteiger partial charge on any atom is 0.331 e. The fourth-order valence-electron chi connectivity index (χ4n) is 10.3. The highest BCUT2D eigenvalue weighted by atomic mass is 16.5. The number of aliphatic hydroxyl groups is 1. The van der Waals surface area contributed by atoms with Crippen LogP contribution in [-0.4, -0.2) is 71.8 Å². The van der Waals surface area contributed by atoms with Gasteiger partial charge in [0.1, 0.15) is 12.7 Å². The number of carbonyl (C=O) groups is 3. The van der Waals surface area contributed by atoms with Crippen LogP contribution in [0, 0.1) is 34.5 Å². The molecule has 1 amide bonds. The minimum atomic E-state index is -0.970. The number of amides is 1. The summed E-state index contributed by atoms with van der Waals surface area (Å²) in [6.45, 7) is 8.81. The Morgan fingerprint density at radius 2 is 1.90 bits per heavy atom. The van der Waals surface area contributed by atoms with Gasteiger partial charge in [0.15, 0.2) is 0 Å². The summed E-state index contributed by atoms with van der Waals surface area (Å²) in [6, 6.07) is 0.239. The summed E-state index contributed by atoms with van der Waals surface area (Å²) in [7, 11) is 0. The number of hydrogen-bond acceptors (Lipinski definition) is 7. The van der Waals surface area contributed by atoms with E-state index in [9.17, 15) is 19.5 Å². The summed E-state index contributed by atoms with van der Waals surface area (Å²) in [5.41, 5.74) is -0.482. The third kappa shape index (κ3) is 4.44. The van der Waals surface area contributed by atoms with E-state index in [1.54, 1.807) is 6.08 Å². The highest BCUT2D eigenvalue weighted by Crippen LogP contribution is 2.70. The van der Waals surface area contributed by atoms with Crippen molar-refractivity contribution >= 4 is 17.8 Å². The Hall–Kier alpha value is -1.93. The lowest BCUT2D eigenvalue weighted by Gasteiger charge is -2.63. The number of rotatable bonds is 5. The molecule has 8 nitrogen and oxygen atoms in total. The monoisotopic (exact) mass is 542 g/mol. The van der Waals surface area contributed by atoms with Crippen molar-refractivity contribution in [2.75, 3.05) is 26.2 Å². The van der Waals surface area contributed by atoms with Gasteiger partial charge in [0, 0.05) is 36.8 Å². The summed E-state index contributed by atoms with van der Waals surface area (Å²) in [5, 5.41) is 16.0. The lowest BCUT2D eigenvalue weighted by atomic mass is 9.43. The summed E-state index contributed by atoms with van der Waals surface area (Å²) >= 11 is 0. The molecule has 0 aromatic heterocycles. The van der Waals surface area contributed by atoms with Gasteiger partial charge in [-0.15, -0.1) is 0 Å². The lowest BCUT2D eigenvalue weighted by molar-refractivity contribution is -0.205. The molecule has 0 aromatic rings. The van der Waals surface area contributed by atoms with E-state index in [0.717, 1.165) is 63.6 Å². The van der Waals surface area contributed by atoms with Crippen LogP contribution in [0.1, 0.15) is 85.0 Å². The first kappa shape index (κ1) is 27.3. The van der Waals surface area contributed by atoms with Crippen molar-refractivity contribution in [1.29, 1.82) is 0 Å². The number of fused-ring (bicyclic) bond motifs is 5. The van der Waals surface area contributed by atoms with Crippen LogP contribution in [0.4, 0.5) is 0 Å². The molecule has 4 aliphatic carbocycles.